The van der Waals surface area contributed by atoms with Crippen LogP contribution in [0.25, 0.3) is 0 Å². The molecule has 18 heavy (non-hydrogen) atoms. The molecule has 0 spiro atoms. The van der Waals surface area contributed by atoms with E-state index in [0.717, 1.165) is 11.1 Å². The maximum atomic E-state index is 6.08. The van der Waals surface area contributed by atoms with E-state index in [4.69, 9.17) is 33.7 Å². The first kappa shape index (κ1) is 13.1. The lowest BCUT2D eigenvalue weighted by molar-refractivity contribution is 0.307. The third kappa shape index (κ3) is 3.09. The van der Waals surface area contributed by atoms with Crippen LogP contribution in [0.2, 0.25) is 10.0 Å². The smallest absolute Gasteiger partial charge is 0.138 e. The number of anilines is 1. The molecule has 0 unspecified atom stereocenters. The molecule has 2 aromatic carbocycles. The Labute approximate surface area is 116 Å². The van der Waals surface area contributed by atoms with Gasteiger partial charge in [-0.15, -0.1) is 0 Å². The number of rotatable bonds is 3. The van der Waals surface area contributed by atoms with Crippen molar-refractivity contribution in [1.29, 1.82) is 0 Å². The van der Waals surface area contributed by atoms with Crippen molar-refractivity contribution in [2.45, 2.75) is 13.5 Å². The Hall–Kier alpha value is -1.38. The lowest BCUT2D eigenvalue weighted by Gasteiger charge is -2.10. The predicted octanol–water partition coefficient (Wildman–Crippen LogP) is 4.46. The van der Waals surface area contributed by atoms with Gasteiger partial charge in [-0.2, -0.15) is 0 Å². The molecule has 0 radical (unpaired) electrons. The van der Waals surface area contributed by atoms with Crippen LogP contribution in [0.3, 0.4) is 0 Å². The zero-order chi connectivity index (χ0) is 13.1. The van der Waals surface area contributed by atoms with E-state index in [1.165, 1.54) is 0 Å². The summed E-state index contributed by atoms with van der Waals surface area (Å²) in [5.74, 6) is 0.650. The van der Waals surface area contributed by atoms with Gasteiger partial charge in [-0.25, -0.2) is 0 Å². The number of hydrogen-bond donors (Lipinski definition) is 1. The quantitative estimate of drug-likeness (QED) is 0.843. The summed E-state index contributed by atoms with van der Waals surface area (Å²) in [4.78, 5) is 0. The highest BCUT2D eigenvalue weighted by Gasteiger charge is 2.04. The molecular weight excluding hydrogens is 269 g/mol. The van der Waals surface area contributed by atoms with Crippen LogP contribution in [0.5, 0.6) is 5.75 Å². The first-order valence-electron chi connectivity index (χ1n) is 5.49. The Kier molecular flexibility index (Phi) is 4.00. The summed E-state index contributed by atoms with van der Waals surface area (Å²) in [5, 5.41) is 1.21. The zero-order valence-corrected chi connectivity index (χ0v) is 11.4. The fraction of sp³-hybridized carbons (Fsp3) is 0.143. The zero-order valence-electron chi connectivity index (χ0n) is 9.91. The number of hydrogen-bond acceptors (Lipinski definition) is 2. The van der Waals surface area contributed by atoms with E-state index < -0.39 is 0 Å². The fourth-order valence-electron chi connectivity index (χ4n) is 1.58. The molecular formula is C14H13Cl2NO. The topological polar surface area (TPSA) is 35.2 Å². The highest BCUT2D eigenvalue weighted by Crippen LogP contribution is 2.27. The minimum Gasteiger partial charge on any atom is -0.487 e. The molecule has 0 heterocycles. The van der Waals surface area contributed by atoms with Crippen LogP contribution in [-0.2, 0) is 6.61 Å². The van der Waals surface area contributed by atoms with Crippen LogP contribution in [-0.4, -0.2) is 0 Å². The van der Waals surface area contributed by atoms with Crippen molar-refractivity contribution in [1.82, 2.24) is 0 Å². The van der Waals surface area contributed by atoms with Crippen LogP contribution < -0.4 is 10.5 Å². The second-order valence-electron chi connectivity index (χ2n) is 4.07. The lowest BCUT2D eigenvalue weighted by Crippen LogP contribution is -2.00. The molecule has 2 rings (SSSR count). The van der Waals surface area contributed by atoms with Crippen LogP contribution in [0.15, 0.2) is 36.4 Å². The van der Waals surface area contributed by atoms with E-state index in [-0.39, 0.29) is 0 Å². The molecule has 0 atom stereocenters. The van der Waals surface area contributed by atoms with E-state index in [1.807, 2.05) is 31.2 Å². The molecule has 94 valence electrons. The SMILES string of the molecule is Cc1ccc(OCc2ccc(Cl)cc2N)c(Cl)c1. The Bertz CT molecular complexity index is 518. The second-order valence-corrected chi connectivity index (χ2v) is 4.91. The van der Waals surface area contributed by atoms with Crippen LogP contribution in [0, 0.1) is 6.92 Å². The standard InChI is InChI=1S/C14H13Cl2NO/c1-9-2-5-14(12(16)6-9)18-8-10-3-4-11(15)7-13(10)17/h2-7H,8,17H2,1H3. The summed E-state index contributed by atoms with van der Waals surface area (Å²) in [5.41, 5.74) is 8.45. The van der Waals surface area contributed by atoms with Crippen molar-refractivity contribution in [3.05, 3.63) is 57.6 Å². The van der Waals surface area contributed by atoms with Gasteiger partial charge in [0.2, 0.25) is 0 Å². The third-order valence-corrected chi connectivity index (χ3v) is 3.11. The average Bonchev–Trinajstić information content (AvgIpc) is 2.30. The minimum atomic E-state index is 0.367. The molecule has 0 aliphatic rings. The summed E-state index contributed by atoms with van der Waals surface area (Å²) < 4.78 is 5.64. The van der Waals surface area contributed by atoms with E-state index in [9.17, 15) is 0 Å². The number of nitrogen functional groups attached to an aromatic ring is 1. The molecule has 0 amide bonds. The van der Waals surface area contributed by atoms with Gasteiger partial charge in [0, 0.05) is 16.3 Å². The molecule has 0 aliphatic carbocycles. The largest absolute Gasteiger partial charge is 0.487 e. The summed E-state index contributed by atoms with van der Waals surface area (Å²) in [6.07, 6.45) is 0. The maximum absolute atomic E-state index is 6.08. The maximum Gasteiger partial charge on any atom is 0.138 e. The molecule has 0 aromatic heterocycles. The number of benzene rings is 2. The van der Waals surface area contributed by atoms with Gasteiger partial charge in [0.1, 0.15) is 12.4 Å². The van der Waals surface area contributed by atoms with Gasteiger partial charge < -0.3 is 10.5 Å². The van der Waals surface area contributed by atoms with Crippen molar-refractivity contribution in [3.8, 4) is 5.75 Å². The molecule has 0 saturated carbocycles. The summed E-state index contributed by atoms with van der Waals surface area (Å²) >= 11 is 11.9. The fourth-order valence-corrected chi connectivity index (χ4v) is 2.05. The van der Waals surface area contributed by atoms with Crippen molar-refractivity contribution >= 4 is 28.9 Å². The van der Waals surface area contributed by atoms with E-state index in [0.29, 0.717) is 28.1 Å². The van der Waals surface area contributed by atoms with Crippen LogP contribution in [0.4, 0.5) is 5.69 Å². The molecule has 0 fully saturated rings. The average molecular weight is 282 g/mol. The molecule has 0 saturated heterocycles. The van der Waals surface area contributed by atoms with E-state index in [2.05, 4.69) is 0 Å². The van der Waals surface area contributed by atoms with Crippen LogP contribution >= 0.6 is 23.2 Å². The van der Waals surface area contributed by atoms with Gasteiger partial charge in [0.25, 0.3) is 0 Å². The third-order valence-electron chi connectivity index (χ3n) is 2.58. The number of aryl methyl sites for hydroxylation is 1. The van der Waals surface area contributed by atoms with E-state index in [1.54, 1.807) is 12.1 Å². The molecule has 2 aromatic rings. The van der Waals surface area contributed by atoms with Gasteiger partial charge >= 0.3 is 0 Å². The monoisotopic (exact) mass is 281 g/mol. The predicted molar refractivity (Wildman–Crippen MR) is 76.4 cm³/mol. The first-order valence-corrected chi connectivity index (χ1v) is 6.24. The molecule has 2 N–H and O–H groups in total. The molecule has 0 bridgehead atoms. The lowest BCUT2D eigenvalue weighted by atomic mass is 10.2. The second kappa shape index (κ2) is 5.51. The normalized spacial score (nSPS) is 10.4. The highest BCUT2D eigenvalue weighted by atomic mass is 35.5. The van der Waals surface area contributed by atoms with Crippen molar-refractivity contribution in [2.24, 2.45) is 0 Å². The van der Waals surface area contributed by atoms with Crippen molar-refractivity contribution in [2.75, 3.05) is 5.73 Å². The Balaban J connectivity index is 2.11. The number of halogens is 2. The van der Waals surface area contributed by atoms with Crippen molar-refractivity contribution < 1.29 is 4.74 Å². The van der Waals surface area contributed by atoms with Gasteiger partial charge in [-0.05, 0) is 36.8 Å². The van der Waals surface area contributed by atoms with Gasteiger partial charge in [0.15, 0.2) is 0 Å². The van der Waals surface area contributed by atoms with Gasteiger partial charge in [-0.3, -0.25) is 0 Å². The number of ether oxygens (including phenoxy) is 1. The Morgan fingerprint density at radius 1 is 1.11 bits per heavy atom. The summed E-state index contributed by atoms with van der Waals surface area (Å²) in [7, 11) is 0. The number of nitrogens with two attached hydrogens (primary N) is 1. The van der Waals surface area contributed by atoms with Gasteiger partial charge in [-0.1, -0.05) is 35.3 Å². The summed E-state index contributed by atoms with van der Waals surface area (Å²) in [6, 6.07) is 11.0. The summed E-state index contributed by atoms with van der Waals surface area (Å²) in [6.45, 7) is 2.35. The molecule has 4 heteroatoms. The minimum absolute atomic E-state index is 0.367. The Morgan fingerprint density at radius 3 is 2.56 bits per heavy atom. The van der Waals surface area contributed by atoms with Crippen LogP contribution in [0.1, 0.15) is 11.1 Å². The van der Waals surface area contributed by atoms with E-state index >= 15 is 0 Å². The van der Waals surface area contributed by atoms with Gasteiger partial charge in [0.05, 0.1) is 5.02 Å². The van der Waals surface area contributed by atoms with Crippen molar-refractivity contribution in [3.63, 3.8) is 0 Å². The highest BCUT2D eigenvalue weighted by molar-refractivity contribution is 6.32. The Morgan fingerprint density at radius 2 is 1.89 bits per heavy atom. The molecule has 0 aliphatic heterocycles. The molecule has 2 nitrogen and oxygen atoms in total. The first-order chi connectivity index (χ1) is 8.56.